The minimum atomic E-state index is -3.62. The van der Waals surface area contributed by atoms with E-state index in [1.54, 1.807) is 6.92 Å². The van der Waals surface area contributed by atoms with Crippen LogP contribution in [0.4, 0.5) is 0 Å². The van der Waals surface area contributed by atoms with Gasteiger partial charge >= 0.3 is 0 Å². The lowest BCUT2D eigenvalue weighted by atomic mass is 10.2. The normalized spacial score (nSPS) is 12.4. The standard InChI is InChI=1S/C7H10ClNO2S2/c1-4(2)6-9-5(3)7(12-6)13(8,10)11/h4H,1-3H3. The summed E-state index contributed by atoms with van der Waals surface area (Å²) < 4.78 is 22.2. The molecule has 1 rings (SSSR count). The largest absolute Gasteiger partial charge is 0.272 e. The second-order valence-electron chi connectivity index (χ2n) is 3.02. The summed E-state index contributed by atoms with van der Waals surface area (Å²) in [5.74, 6) is 0.232. The topological polar surface area (TPSA) is 47.0 Å². The van der Waals surface area contributed by atoms with Crippen LogP contribution in [0.3, 0.4) is 0 Å². The first-order valence-electron chi connectivity index (χ1n) is 3.74. The van der Waals surface area contributed by atoms with Crippen molar-refractivity contribution in [2.75, 3.05) is 0 Å². The molecule has 0 saturated carbocycles. The lowest BCUT2D eigenvalue weighted by Crippen LogP contribution is -1.88. The number of hydrogen-bond donors (Lipinski definition) is 0. The van der Waals surface area contributed by atoms with Gasteiger partial charge in [-0.1, -0.05) is 13.8 Å². The summed E-state index contributed by atoms with van der Waals surface area (Å²) in [6, 6.07) is 0. The molecule has 0 aromatic carbocycles. The Morgan fingerprint density at radius 1 is 1.46 bits per heavy atom. The molecular weight excluding hydrogens is 230 g/mol. The van der Waals surface area contributed by atoms with Crippen molar-refractivity contribution in [3.8, 4) is 0 Å². The van der Waals surface area contributed by atoms with Crippen LogP contribution in [0.2, 0.25) is 0 Å². The van der Waals surface area contributed by atoms with E-state index in [4.69, 9.17) is 10.7 Å². The van der Waals surface area contributed by atoms with Crippen molar-refractivity contribution in [2.24, 2.45) is 0 Å². The van der Waals surface area contributed by atoms with Crippen LogP contribution in [0.25, 0.3) is 0 Å². The third-order valence-corrected chi connectivity index (χ3v) is 5.12. The minimum Gasteiger partial charge on any atom is -0.245 e. The van der Waals surface area contributed by atoms with E-state index >= 15 is 0 Å². The molecule has 0 unspecified atom stereocenters. The van der Waals surface area contributed by atoms with Crippen LogP contribution in [0.1, 0.15) is 30.5 Å². The summed E-state index contributed by atoms with van der Waals surface area (Å²) >= 11 is 1.14. The quantitative estimate of drug-likeness (QED) is 0.745. The first kappa shape index (κ1) is 10.9. The van der Waals surface area contributed by atoms with Crippen LogP contribution < -0.4 is 0 Å². The Bertz CT molecular complexity index is 408. The molecule has 3 nitrogen and oxygen atoms in total. The fourth-order valence-electron chi connectivity index (χ4n) is 0.876. The Balaban J connectivity index is 3.27. The highest BCUT2D eigenvalue weighted by molar-refractivity contribution is 8.15. The summed E-state index contributed by atoms with van der Waals surface area (Å²) in [6.07, 6.45) is 0. The van der Waals surface area contributed by atoms with Gasteiger partial charge in [0.05, 0.1) is 10.7 Å². The molecule has 0 saturated heterocycles. The summed E-state index contributed by atoms with van der Waals surface area (Å²) in [4.78, 5) is 4.13. The van der Waals surface area contributed by atoms with Crippen molar-refractivity contribution >= 4 is 31.1 Å². The number of aromatic nitrogens is 1. The van der Waals surface area contributed by atoms with E-state index in [-0.39, 0.29) is 10.1 Å². The molecule has 6 heteroatoms. The third kappa shape index (κ3) is 2.42. The van der Waals surface area contributed by atoms with E-state index in [1.165, 1.54) is 0 Å². The number of nitrogens with zero attached hydrogens (tertiary/aromatic N) is 1. The highest BCUT2D eigenvalue weighted by Gasteiger charge is 2.19. The Hall–Kier alpha value is -0.130. The van der Waals surface area contributed by atoms with Crippen molar-refractivity contribution in [3.05, 3.63) is 10.7 Å². The highest BCUT2D eigenvalue weighted by atomic mass is 35.7. The molecule has 0 aliphatic carbocycles. The van der Waals surface area contributed by atoms with E-state index < -0.39 is 9.05 Å². The van der Waals surface area contributed by atoms with E-state index in [9.17, 15) is 8.42 Å². The molecule has 0 aliphatic rings. The van der Waals surface area contributed by atoms with Crippen molar-refractivity contribution in [1.82, 2.24) is 4.98 Å². The van der Waals surface area contributed by atoms with E-state index in [0.717, 1.165) is 16.3 Å². The Morgan fingerprint density at radius 3 is 2.23 bits per heavy atom. The van der Waals surface area contributed by atoms with Crippen molar-refractivity contribution < 1.29 is 8.42 Å². The van der Waals surface area contributed by atoms with Crippen LogP contribution in [0.15, 0.2) is 4.21 Å². The van der Waals surface area contributed by atoms with Gasteiger partial charge in [-0.15, -0.1) is 11.3 Å². The summed E-state index contributed by atoms with van der Waals surface area (Å²) in [6.45, 7) is 5.57. The lowest BCUT2D eigenvalue weighted by molar-refractivity contribution is 0.610. The van der Waals surface area contributed by atoms with E-state index in [1.807, 2.05) is 13.8 Å². The fourth-order valence-corrected chi connectivity index (χ4v) is 3.35. The van der Waals surface area contributed by atoms with Crippen molar-refractivity contribution in [2.45, 2.75) is 30.9 Å². The van der Waals surface area contributed by atoms with Gasteiger partial charge in [0.2, 0.25) is 0 Å². The van der Waals surface area contributed by atoms with Gasteiger partial charge in [0, 0.05) is 16.6 Å². The third-order valence-electron chi connectivity index (χ3n) is 1.49. The van der Waals surface area contributed by atoms with Crippen LogP contribution >= 0.6 is 22.0 Å². The summed E-state index contributed by atoms with van der Waals surface area (Å²) in [7, 11) is 1.61. The van der Waals surface area contributed by atoms with Crippen molar-refractivity contribution in [1.29, 1.82) is 0 Å². The molecule has 0 amide bonds. The minimum absolute atomic E-state index is 0.165. The van der Waals surface area contributed by atoms with Gasteiger partial charge in [-0.3, -0.25) is 0 Å². The molecule has 0 fully saturated rings. The Kier molecular flexibility index (Phi) is 2.99. The summed E-state index contributed by atoms with van der Waals surface area (Å²) in [5.41, 5.74) is 0.490. The van der Waals surface area contributed by atoms with E-state index in [0.29, 0.717) is 5.69 Å². The maximum Gasteiger partial charge on any atom is 0.272 e. The molecule has 0 bridgehead atoms. The van der Waals surface area contributed by atoms with Gasteiger partial charge in [0.15, 0.2) is 4.21 Å². The maximum atomic E-state index is 11.0. The van der Waals surface area contributed by atoms with Crippen LogP contribution in [0, 0.1) is 6.92 Å². The number of rotatable bonds is 2. The molecule has 1 heterocycles. The number of halogens is 1. The predicted octanol–water partition coefficient (Wildman–Crippen LogP) is 2.50. The first-order chi connectivity index (χ1) is 5.82. The van der Waals surface area contributed by atoms with Gasteiger partial charge in [-0.2, -0.15) is 0 Å². The monoisotopic (exact) mass is 239 g/mol. The lowest BCUT2D eigenvalue weighted by Gasteiger charge is -1.94. The smallest absolute Gasteiger partial charge is 0.245 e. The van der Waals surface area contributed by atoms with Gasteiger partial charge in [-0.25, -0.2) is 13.4 Å². The van der Waals surface area contributed by atoms with Crippen LogP contribution in [-0.4, -0.2) is 13.4 Å². The SMILES string of the molecule is Cc1nc(C(C)C)sc1S(=O)(=O)Cl. The Morgan fingerprint density at radius 2 is 2.00 bits per heavy atom. The second-order valence-corrected chi connectivity index (χ2v) is 6.81. The van der Waals surface area contributed by atoms with Gasteiger partial charge < -0.3 is 0 Å². The van der Waals surface area contributed by atoms with Crippen LogP contribution in [0.5, 0.6) is 0 Å². The van der Waals surface area contributed by atoms with Gasteiger partial charge in [0.1, 0.15) is 0 Å². The molecule has 0 radical (unpaired) electrons. The number of hydrogen-bond acceptors (Lipinski definition) is 4. The molecule has 1 aromatic rings. The highest BCUT2D eigenvalue weighted by Crippen LogP contribution is 2.30. The average molecular weight is 240 g/mol. The van der Waals surface area contributed by atoms with E-state index in [2.05, 4.69) is 4.98 Å². The predicted molar refractivity (Wildman–Crippen MR) is 54.0 cm³/mol. The number of aryl methyl sites for hydroxylation is 1. The van der Waals surface area contributed by atoms with Gasteiger partial charge in [-0.05, 0) is 6.92 Å². The molecular formula is C7H10ClNO2S2. The molecule has 0 N–H and O–H groups in total. The Labute approximate surface area is 86.2 Å². The molecule has 13 heavy (non-hydrogen) atoms. The maximum absolute atomic E-state index is 11.0. The summed E-state index contributed by atoms with van der Waals surface area (Å²) in [5, 5.41) is 0.803. The zero-order valence-electron chi connectivity index (χ0n) is 7.54. The molecule has 0 atom stereocenters. The second kappa shape index (κ2) is 3.55. The fraction of sp³-hybridized carbons (Fsp3) is 0.571. The molecule has 1 aromatic heterocycles. The zero-order chi connectivity index (χ0) is 10.2. The van der Waals surface area contributed by atoms with Crippen LogP contribution in [-0.2, 0) is 9.05 Å². The zero-order valence-corrected chi connectivity index (χ0v) is 9.92. The average Bonchev–Trinajstić information content (AvgIpc) is 2.29. The number of thiazole rings is 1. The van der Waals surface area contributed by atoms with Crippen molar-refractivity contribution in [3.63, 3.8) is 0 Å². The van der Waals surface area contributed by atoms with Gasteiger partial charge in [0.25, 0.3) is 9.05 Å². The molecule has 0 aliphatic heterocycles. The first-order valence-corrected chi connectivity index (χ1v) is 6.87. The molecule has 74 valence electrons. The molecule has 0 spiro atoms.